The van der Waals surface area contributed by atoms with Crippen LogP contribution in [0.2, 0.25) is 0 Å². The van der Waals surface area contributed by atoms with Gasteiger partial charge in [-0.25, -0.2) is 0 Å². The molecule has 106 valence electrons. The van der Waals surface area contributed by atoms with Crippen molar-refractivity contribution in [2.75, 3.05) is 18.6 Å². The predicted molar refractivity (Wildman–Crippen MR) is 86.0 cm³/mol. The molecule has 0 fully saturated rings. The summed E-state index contributed by atoms with van der Waals surface area (Å²) < 4.78 is 5.35. The van der Waals surface area contributed by atoms with Crippen molar-refractivity contribution in [3.05, 3.63) is 35.9 Å². The predicted octanol–water partition coefficient (Wildman–Crippen LogP) is 4.35. The van der Waals surface area contributed by atoms with Crippen LogP contribution in [0.1, 0.15) is 33.3 Å². The summed E-state index contributed by atoms with van der Waals surface area (Å²) in [6, 6.07) is 11.4. The monoisotopic (exact) mass is 269 g/mol. The van der Waals surface area contributed by atoms with Gasteiger partial charge >= 0.3 is 0 Å². The molecule has 0 N–H and O–H groups in total. The number of methoxy groups -OCH3 is 1. The highest BCUT2D eigenvalue weighted by Crippen LogP contribution is 2.48. The maximum Gasteiger partial charge on any atom is 0.119 e. The van der Waals surface area contributed by atoms with Gasteiger partial charge in [0.1, 0.15) is 5.75 Å². The van der Waals surface area contributed by atoms with Crippen molar-refractivity contribution < 1.29 is 4.74 Å². The molecular weight excluding hydrogens is 246 g/mol. The van der Waals surface area contributed by atoms with E-state index in [1.165, 1.54) is 22.0 Å². The maximum absolute atomic E-state index is 5.35. The van der Waals surface area contributed by atoms with Crippen LogP contribution >= 0.6 is 0 Å². The lowest BCUT2D eigenvalue weighted by molar-refractivity contribution is 0.415. The summed E-state index contributed by atoms with van der Waals surface area (Å²) in [4.78, 5) is 2.51. The molecule has 0 saturated carbocycles. The number of likely N-dealkylation sites (N-methyl/N-ethyl adjacent to an activating group) is 1. The Hall–Kier alpha value is -1.70. The Labute approximate surface area is 121 Å². The van der Waals surface area contributed by atoms with Gasteiger partial charge in [-0.1, -0.05) is 26.0 Å². The number of benzene rings is 2. The molecule has 1 aliphatic rings. The lowest BCUT2D eigenvalue weighted by Gasteiger charge is -2.30. The van der Waals surface area contributed by atoms with E-state index in [-0.39, 0.29) is 5.41 Å². The summed E-state index contributed by atoms with van der Waals surface area (Å²) in [5.74, 6) is 0.925. The first-order chi connectivity index (χ1) is 9.50. The summed E-state index contributed by atoms with van der Waals surface area (Å²) in [6.45, 7) is 10.3. The number of ether oxygens (including phenoxy) is 1. The van der Waals surface area contributed by atoms with E-state index in [0.717, 1.165) is 12.3 Å². The van der Waals surface area contributed by atoms with Gasteiger partial charge in [0, 0.05) is 23.7 Å². The lowest BCUT2D eigenvalue weighted by Crippen LogP contribution is -2.38. The molecule has 1 heterocycles. The first kappa shape index (κ1) is 13.3. The van der Waals surface area contributed by atoms with Crippen LogP contribution in [0.25, 0.3) is 10.8 Å². The lowest BCUT2D eigenvalue weighted by atomic mass is 9.79. The molecule has 1 aliphatic heterocycles. The third-order valence-corrected chi connectivity index (χ3v) is 5.01. The topological polar surface area (TPSA) is 12.5 Å². The van der Waals surface area contributed by atoms with Gasteiger partial charge in [0.05, 0.1) is 7.11 Å². The highest BCUT2D eigenvalue weighted by molar-refractivity contribution is 5.94. The molecular formula is C18H23NO. The summed E-state index contributed by atoms with van der Waals surface area (Å²) in [5, 5.41) is 2.62. The van der Waals surface area contributed by atoms with Gasteiger partial charge in [-0.2, -0.15) is 0 Å². The Balaban J connectivity index is 2.31. The standard InChI is InChI=1S/C18H23NO/c1-6-19-12(2)18(3,4)17-15-9-8-14(20-5)11-13(15)7-10-16(17)19/h7-12H,6H2,1-5H3. The Kier molecular flexibility index (Phi) is 2.93. The van der Waals surface area contributed by atoms with Crippen molar-refractivity contribution in [2.24, 2.45) is 0 Å². The van der Waals surface area contributed by atoms with E-state index in [2.05, 4.69) is 62.9 Å². The van der Waals surface area contributed by atoms with Crippen molar-refractivity contribution in [3.63, 3.8) is 0 Å². The van der Waals surface area contributed by atoms with Crippen LogP contribution in [0.15, 0.2) is 30.3 Å². The SMILES string of the molecule is CCN1c2ccc3cc(OC)ccc3c2C(C)(C)C1C. The van der Waals surface area contributed by atoms with Crippen LogP contribution in [0.4, 0.5) is 5.69 Å². The molecule has 0 bridgehead atoms. The van der Waals surface area contributed by atoms with E-state index in [0.29, 0.717) is 6.04 Å². The summed E-state index contributed by atoms with van der Waals surface area (Å²) in [5.41, 5.74) is 3.04. The number of nitrogens with zero attached hydrogens (tertiary/aromatic N) is 1. The number of fused-ring (bicyclic) bond motifs is 3. The van der Waals surface area contributed by atoms with Gasteiger partial charge in [0.2, 0.25) is 0 Å². The average molecular weight is 269 g/mol. The second-order valence-electron chi connectivity index (χ2n) is 6.23. The van der Waals surface area contributed by atoms with E-state index < -0.39 is 0 Å². The number of hydrogen-bond acceptors (Lipinski definition) is 2. The molecule has 1 atom stereocenters. The molecule has 20 heavy (non-hydrogen) atoms. The normalized spacial score (nSPS) is 20.2. The van der Waals surface area contributed by atoms with Gasteiger partial charge in [0.15, 0.2) is 0 Å². The minimum Gasteiger partial charge on any atom is -0.497 e. The molecule has 0 spiro atoms. The van der Waals surface area contributed by atoms with Crippen LogP contribution < -0.4 is 9.64 Å². The molecule has 0 aromatic heterocycles. The highest BCUT2D eigenvalue weighted by Gasteiger charge is 2.42. The number of rotatable bonds is 2. The molecule has 2 heteroatoms. The quantitative estimate of drug-likeness (QED) is 0.803. The molecule has 0 amide bonds. The van der Waals surface area contributed by atoms with Crippen molar-refractivity contribution in [2.45, 2.75) is 39.2 Å². The largest absolute Gasteiger partial charge is 0.497 e. The Morgan fingerprint density at radius 2 is 1.95 bits per heavy atom. The summed E-state index contributed by atoms with van der Waals surface area (Å²) >= 11 is 0. The van der Waals surface area contributed by atoms with E-state index in [1.54, 1.807) is 7.11 Å². The van der Waals surface area contributed by atoms with Crippen LogP contribution in [-0.4, -0.2) is 19.7 Å². The smallest absolute Gasteiger partial charge is 0.119 e. The van der Waals surface area contributed by atoms with E-state index in [9.17, 15) is 0 Å². The summed E-state index contributed by atoms with van der Waals surface area (Å²) in [7, 11) is 1.72. The molecule has 0 aliphatic carbocycles. The molecule has 2 aromatic rings. The minimum atomic E-state index is 0.166. The minimum absolute atomic E-state index is 0.166. The van der Waals surface area contributed by atoms with Gasteiger partial charge < -0.3 is 9.64 Å². The second kappa shape index (κ2) is 4.41. The zero-order valence-corrected chi connectivity index (χ0v) is 13.0. The molecule has 0 saturated heterocycles. The third kappa shape index (κ3) is 1.64. The fourth-order valence-electron chi connectivity index (χ4n) is 3.59. The molecule has 2 nitrogen and oxygen atoms in total. The number of hydrogen-bond donors (Lipinski definition) is 0. The van der Waals surface area contributed by atoms with Crippen LogP contribution in [0, 0.1) is 0 Å². The Morgan fingerprint density at radius 3 is 2.60 bits per heavy atom. The van der Waals surface area contributed by atoms with Gasteiger partial charge in [0.25, 0.3) is 0 Å². The zero-order chi connectivity index (χ0) is 14.5. The molecule has 3 rings (SSSR count). The molecule has 1 unspecified atom stereocenters. The fraction of sp³-hybridized carbons (Fsp3) is 0.444. The highest BCUT2D eigenvalue weighted by atomic mass is 16.5. The fourth-order valence-corrected chi connectivity index (χ4v) is 3.59. The van der Waals surface area contributed by atoms with Gasteiger partial charge in [-0.15, -0.1) is 0 Å². The van der Waals surface area contributed by atoms with E-state index >= 15 is 0 Å². The molecule has 2 aromatic carbocycles. The van der Waals surface area contributed by atoms with E-state index in [1.807, 2.05) is 0 Å². The first-order valence-electron chi connectivity index (χ1n) is 7.38. The third-order valence-electron chi connectivity index (χ3n) is 5.01. The van der Waals surface area contributed by atoms with Crippen molar-refractivity contribution in [1.29, 1.82) is 0 Å². The van der Waals surface area contributed by atoms with Gasteiger partial charge in [-0.05, 0) is 48.4 Å². The number of anilines is 1. The van der Waals surface area contributed by atoms with Crippen LogP contribution in [0.5, 0.6) is 5.75 Å². The van der Waals surface area contributed by atoms with Crippen LogP contribution in [0.3, 0.4) is 0 Å². The first-order valence-corrected chi connectivity index (χ1v) is 7.38. The van der Waals surface area contributed by atoms with Gasteiger partial charge in [-0.3, -0.25) is 0 Å². The second-order valence-corrected chi connectivity index (χ2v) is 6.23. The molecule has 0 radical (unpaired) electrons. The average Bonchev–Trinajstić information content (AvgIpc) is 2.65. The zero-order valence-electron chi connectivity index (χ0n) is 13.0. The Morgan fingerprint density at radius 1 is 1.20 bits per heavy atom. The van der Waals surface area contributed by atoms with E-state index in [4.69, 9.17) is 4.74 Å². The van der Waals surface area contributed by atoms with Crippen LogP contribution in [-0.2, 0) is 5.41 Å². The van der Waals surface area contributed by atoms with Crippen molar-refractivity contribution >= 4 is 16.5 Å². The maximum atomic E-state index is 5.35. The van der Waals surface area contributed by atoms with Crippen molar-refractivity contribution in [3.8, 4) is 5.75 Å². The van der Waals surface area contributed by atoms with Crippen molar-refractivity contribution in [1.82, 2.24) is 0 Å². The Bertz CT molecular complexity index is 660. The summed E-state index contributed by atoms with van der Waals surface area (Å²) in [6.07, 6.45) is 0.